The predicted molar refractivity (Wildman–Crippen MR) is 264 cm³/mol. The molecule has 1 nitrogen and oxygen atoms in total. The third-order valence-electron chi connectivity index (χ3n) is 12.5. The van der Waals surface area contributed by atoms with Crippen LogP contribution in [0.15, 0.2) is 97.1 Å². The highest BCUT2D eigenvalue weighted by Gasteiger charge is 2.39. The Hall–Kier alpha value is -2.01. The van der Waals surface area contributed by atoms with Crippen LogP contribution in [0.3, 0.4) is 0 Å². The lowest BCUT2D eigenvalue weighted by Crippen LogP contribution is -2.48. The zero-order chi connectivity index (χ0) is 42.0. The number of rotatable bonds is 27. The largest absolute Gasteiger partial charge is 0.242 e. The van der Waals surface area contributed by atoms with E-state index in [2.05, 4.69) is 108 Å². The van der Waals surface area contributed by atoms with E-state index >= 15 is 8.78 Å². The van der Waals surface area contributed by atoms with E-state index in [1.54, 1.807) is 34.6 Å². The molecule has 0 fully saturated rings. The fraction of sp³-hybridized carbons (Fsp3) is 0.529. The molecule has 0 bridgehead atoms. The summed E-state index contributed by atoms with van der Waals surface area (Å²) in [6, 6.07) is 42.2. The van der Waals surface area contributed by atoms with E-state index in [0.29, 0.717) is 10.6 Å². The Kier molecular flexibility index (Phi) is 21.0. The number of halogens is 2. The van der Waals surface area contributed by atoms with E-state index in [0.717, 1.165) is 0 Å². The van der Waals surface area contributed by atoms with Crippen molar-refractivity contribution in [2.75, 3.05) is 0 Å². The lowest BCUT2D eigenvalue weighted by molar-refractivity contribution is 0.578. The Labute approximate surface area is 358 Å². The van der Waals surface area contributed by atoms with Crippen LogP contribution in [0.25, 0.3) is 0 Å². The SMILES string of the molecule is CCCC[Si](CCCC)(CCCC)c1ccc(P(c2ccc([Si](CCCC)(CCCC)CCCC)cc2)N(C(C)C)P(c2ccccc2F)c2ccccc2F)cc1. The van der Waals surface area contributed by atoms with Crippen molar-refractivity contribution in [1.82, 2.24) is 4.44 Å². The molecule has 4 aromatic rings. The maximum Gasteiger partial charge on any atom is 0.132 e. The van der Waals surface area contributed by atoms with Crippen molar-refractivity contribution >= 4 is 63.9 Å². The van der Waals surface area contributed by atoms with Crippen LogP contribution in [0.5, 0.6) is 0 Å². The third kappa shape index (κ3) is 12.5. The number of hydrogen-bond donors (Lipinski definition) is 0. The van der Waals surface area contributed by atoms with E-state index in [-0.39, 0.29) is 17.7 Å². The van der Waals surface area contributed by atoms with Gasteiger partial charge in [-0.3, -0.25) is 0 Å². The number of unbranched alkanes of at least 4 members (excludes halogenated alkanes) is 6. The molecule has 0 aliphatic carbocycles. The van der Waals surface area contributed by atoms with Crippen LogP contribution in [0.2, 0.25) is 36.3 Å². The van der Waals surface area contributed by atoms with Gasteiger partial charge < -0.3 is 0 Å². The molecule has 0 saturated heterocycles. The van der Waals surface area contributed by atoms with Crippen molar-refractivity contribution in [3.05, 3.63) is 109 Å². The van der Waals surface area contributed by atoms with Crippen molar-refractivity contribution in [3.63, 3.8) is 0 Å². The van der Waals surface area contributed by atoms with E-state index in [1.807, 2.05) is 24.3 Å². The lowest BCUT2D eigenvalue weighted by atomic mass is 10.3. The van der Waals surface area contributed by atoms with Gasteiger partial charge in [0.1, 0.15) is 11.6 Å². The van der Waals surface area contributed by atoms with Crippen molar-refractivity contribution in [1.29, 1.82) is 0 Å². The fourth-order valence-corrected chi connectivity index (χ4v) is 26.5. The highest BCUT2D eigenvalue weighted by Crippen LogP contribution is 2.56. The molecule has 4 rings (SSSR count). The summed E-state index contributed by atoms with van der Waals surface area (Å²) in [5, 5.41) is 6.95. The van der Waals surface area contributed by atoms with Crippen LogP contribution in [-0.4, -0.2) is 26.6 Å². The van der Waals surface area contributed by atoms with Gasteiger partial charge in [-0.2, -0.15) is 0 Å². The zero-order valence-corrected chi connectivity index (χ0v) is 41.4. The Morgan fingerprint density at radius 3 is 0.983 bits per heavy atom. The maximum atomic E-state index is 16.2. The molecule has 0 aliphatic heterocycles. The van der Waals surface area contributed by atoms with Crippen molar-refractivity contribution < 1.29 is 8.78 Å². The molecule has 0 amide bonds. The van der Waals surface area contributed by atoms with E-state index < -0.39 is 32.3 Å². The average Bonchev–Trinajstić information content (AvgIpc) is 3.24. The predicted octanol–water partition coefficient (Wildman–Crippen LogP) is 14.2. The standard InChI is InChI=1S/C51H77F2NP2Si2/c1-9-15-37-57(38-16-10-2,39-17-11-3)46-33-29-44(30-34-46)55(45-31-35-47(36-32-45)58(40-18-12-4,41-19-13-5)42-20-14-6)54(43(7)8)56(50-27-23-21-25-48(50)52)51-28-24-22-26-49(51)53/h21-36,43H,9-20,37-42H2,1-8H3. The third-order valence-corrected chi connectivity index (χ3v) is 29.5. The first-order chi connectivity index (χ1) is 28.1. The molecule has 0 unspecified atom stereocenters. The molecule has 0 saturated carbocycles. The molecule has 4 aromatic carbocycles. The molecule has 58 heavy (non-hydrogen) atoms. The van der Waals surface area contributed by atoms with Crippen molar-refractivity contribution in [3.8, 4) is 0 Å². The van der Waals surface area contributed by atoms with Crippen molar-refractivity contribution in [2.24, 2.45) is 0 Å². The van der Waals surface area contributed by atoms with Gasteiger partial charge in [0.2, 0.25) is 0 Å². The quantitative estimate of drug-likeness (QED) is 0.0426. The first-order valence-electron chi connectivity index (χ1n) is 23.2. The monoisotopic (exact) mass is 860 g/mol. The topological polar surface area (TPSA) is 3.24 Å². The minimum absolute atomic E-state index is 0.0232. The van der Waals surface area contributed by atoms with Crippen LogP contribution in [-0.2, 0) is 0 Å². The molecule has 318 valence electrons. The van der Waals surface area contributed by atoms with Gasteiger partial charge in [-0.25, -0.2) is 13.2 Å². The summed E-state index contributed by atoms with van der Waals surface area (Å²) in [6.07, 6.45) is 15.3. The molecular formula is C51H77F2NP2Si2. The first-order valence-corrected chi connectivity index (χ1v) is 31.1. The highest BCUT2D eigenvalue weighted by molar-refractivity contribution is 7.84. The van der Waals surface area contributed by atoms with Gasteiger partial charge in [-0.15, -0.1) is 0 Å². The summed E-state index contributed by atoms with van der Waals surface area (Å²) in [5.41, 5.74) is 0. The van der Waals surface area contributed by atoms with E-state index in [4.69, 9.17) is 0 Å². The number of benzene rings is 4. The van der Waals surface area contributed by atoms with Gasteiger partial charge in [0.25, 0.3) is 0 Å². The lowest BCUT2D eigenvalue weighted by Gasteiger charge is -2.42. The van der Waals surface area contributed by atoms with Crippen LogP contribution >= 0.6 is 16.1 Å². The van der Waals surface area contributed by atoms with Gasteiger partial charge in [0.15, 0.2) is 0 Å². The second-order valence-electron chi connectivity index (χ2n) is 17.2. The molecule has 0 aliphatic rings. The Balaban J connectivity index is 1.99. The van der Waals surface area contributed by atoms with Crippen LogP contribution in [0.4, 0.5) is 8.78 Å². The molecule has 7 heteroatoms. The van der Waals surface area contributed by atoms with E-state index in [9.17, 15) is 0 Å². The van der Waals surface area contributed by atoms with Gasteiger partial charge >= 0.3 is 0 Å². The second-order valence-corrected chi connectivity index (χ2v) is 30.9. The van der Waals surface area contributed by atoms with Gasteiger partial charge in [0.05, 0.1) is 16.1 Å². The Morgan fingerprint density at radius 1 is 0.431 bits per heavy atom. The van der Waals surface area contributed by atoms with E-state index in [1.165, 1.54) is 124 Å². The summed E-state index contributed by atoms with van der Waals surface area (Å²) in [4.78, 5) is 0. The smallest absolute Gasteiger partial charge is 0.132 e. The highest BCUT2D eigenvalue weighted by atomic mass is 31.2. The number of hydrogen-bond acceptors (Lipinski definition) is 1. The molecule has 0 spiro atoms. The molecule has 0 aromatic heterocycles. The second kappa shape index (κ2) is 25.1. The molecule has 0 N–H and O–H groups in total. The molecule has 0 radical (unpaired) electrons. The number of nitrogens with zero attached hydrogens (tertiary/aromatic N) is 1. The summed E-state index contributed by atoms with van der Waals surface area (Å²) in [5.74, 6) is -0.527. The van der Waals surface area contributed by atoms with Gasteiger partial charge in [-0.1, -0.05) is 238 Å². The summed E-state index contributed by atoms with van der Waals surface area (Å²) < 4.78 is 34.9. The summed E-state index contributed by atoms with van der Waals surface area (Å²) >= 11 is 0. The zero-order valence-electron chi connectivity index (χ0n) is 37.6. The van der Waals surface area contributed by atoms with Gasteiger partial charge in [0, 0.05) is 32.8 Å². The minimum atomic E-state index is -1.72. The Bertz CT molecular complexity index is 1580. The Morgan fingerprint density at radius 2 is 0.724 bits per heavy atom. The molecule has 0 atom stereocenters. The summed E-state index contributed by atoms with van der Waals surface area (Å²) in [7, 11) is -6.17. The minimum Gasteiger partial charge on any atom is -0.242 e. The maximum absolute atomic E-state index is 16.2. The molecular weight excluding hydrogens is 783 g/mol. The fourth-order valence-electron chi connectivity index (χ4n) is 9.15. The van der Waals surface area contributed by atoms with Crippen molar-refractivity contribution in [2.45, 2.75) is 175 Å². The van der Waals surface area contributed by atoms with Gasteiger partial charge in [-0.05, 0) is 48.7 Å². The van der Waals surface area contributed by atoms with Crippen LogP contribution < -0.4 is 31.6 Å². The normalized spacial score (nSPS) is 12.4. The van der Waals surface area contributed by atoms with Crippen LogP contribution in [0.1, 0.15) is 132 Å². The summed E-state index contributed by atoms with van der Waals surface area (Å²) in [6.45, 7) is 18.5. The molecule has 0 heterocycles. The average molecular weight is 860 g/mol. The van der Waals surface area contributed by atoms with Crippen LogP contribution in [0, 0.1) is 11.6 Å². The first kappa shape index (κ1) is 48.7.